The van der Waals surface area contributed by atoms with Crippen molar-refractivity contribution in [1.82, 2.24) is 30.0 Å². The summed E-state index contributed by atoms with van der Waals surface area (Å²) in [5.74, 6) is 1.28. The largest absolute Gasteiger partial charge is 0.368 e. The molecule has 2 N–H and O–H groups in total. The second kappa shape index (κ2) is 7.53. The molecule has 1 aliphatic heterocycles. The third-order valence-corrected chi connectivity index (χ3v) is 5.58. The quantitative estimate of drug-likeness (QED) is 0.541. The Morgan fingerprint density at radius 1 is 1.03 bits per heavy atom. The molecule has 0 aliphatic carbocycles. The van der Waals surface area contributed by atoms with Gasteiger partial charge in [-0.1, -0.05) is 12.1 Å². The van der Waals surface area contributed by atoms with Gasteiger partial charge in [0.05, 0.1) is 23.6 Å². The van der Waals surface area contributed by atoms with Crippen molar-refractivity contribution in [2.24, 2.45) is 0 Å². The summed E-state index contributed by atoms with van der Waals surface area (Å²) >= 11 is 0. The molecule has 8 nitrogen and oxygen atoms in total. The van der Waals surface area contributed by atoms with Gasteiger partial charge in [-0.3, -0.25) is 4.68 Å². The van der Waals surface area contributed by atoms with E-state index >= 15 is 0 Å². The number of fused-ring (bicyclic) bond motifs is 3. The Morgan fingerprint density at radius 2 is 1.83 bits per heavy atom. The Kier molecular flexibility index (Phi) is 4.71. The summed E-state index contributed by atoms with van der Waals surface area (Å²) in [7, 11) is 0. The molecule has 1 aromatic carbocycles. The summed E-state index contributed by atoms with van der Waals surface area (Å²) in [5, 5.41) is 13.3. The fourth-order valence-electron chi connectivity index (χ4n) is 4.05. The number of nitrogens with one attached hydrogen (secondary N) is 2. The van der Waals surface area contributed by atoms with Crippen LogP contribution in [0.1, 0.15) is 25.5 Å². The van der Waals surface area contributed by atoms with Crippen LogP contribution in [0, 0.1) is 6.92 Å². The van der Waals surface area contributed by atoms with Crippen LogP contribution in [0.15, 0.2) is 36.8 Å². The monoisotopic (exact) mass is 402 g/mol. The number of aromatic nitrogens is 5. The highest BCUT2D eigenvalue weighted by Gasteiger charge is 2.15. The molecule has 0 radical (unpaired) electrons. The third-order valence-electron chi connectivity index (χ3n) is 5.58. The van der Waals surface area contributed by atoms with Crippen molar-refractivity contribution in [2.45, 2.75) is 26.8 Å². The number of benzene rings is 1. The van der Waals surface area contributed by atoms with Crippen molar-refractivity contribution in [3.8, 4) is 0 Å². The van der Waals surface area contributed by atoms with Crippen LogP contribution in [0.2, 0.25) is 0 Å². The molecule has 1 fully saturated rings. The Balaban J connectivity index is 1.48. The van der Waals surface area contributed by atoms with Gasteiger partial charge in [-0.05, 0) is 32.4 Å². The average Bonchev–Trinajstić information content (AvgIpc) is 3.20. The minimum Gasteiger partial charge on any atom is -0.368 e. The maximum atomic E-state index is 4.81. The maximum Gasteiger partial charge on any atom is 0.228 e. The first-order chi connectivity index (χ1) is 14.6. The number of piperazine rings is 1. The molecule has 0 amide bonds. The van der Waals surface area contributed by atoms with Gasteiger partial charge < -0.3 is 15.5 Å². The zero-order valence-electron chi connectivity index (χ0n) is 17.6. The number of nitrogens with zero attached hydrogens (tertiary/aromatic N) is 6. The molecule has 8 heteroatoms. The Hall–Kier alpha value is -3.26. The second-order valence-electron chi connectivity index (χ2n) is 8.04. The maximum absolute atomic E-state index is 4.81. The molecule has 0 unspecified atom stereocenters. The van der Waals surface area contributed by atoms with Gasteiger partial charge in [-0.25, -0.2) is 15.0 Å². The number of hydrogen-bond acceptors (Lipinski definition) is 7. The van der Waals surface area contributed by atoms with Gasteiger partial charge in [0, 0.05) is 49.2 Å². The molecule has 5 rings (SSSR count). The molecular formula is C22H26N8. The summed E-state index contributed by atoms with van der Waals surface area (Å²) in [6.45, 7) is 10.4. The van der Waals surface area contributed by atoms with Gasteiger partial charge >= 0.3 is 0 Å². The first-order valence-corrected chi connectivity index (χ1v) is 10.4. The van der Waals surface area contributed by atoms with Crippen LogP contribution in [-0.4, -0.2) is 50.9 Å². The Morgan fingerprint density at radius 3 is 2.60 bits per heavy atom. The molecule has 0 saturated carbocycles. The minimum absolute atomic E-state index is 0.251. The van der Waals surface area contributed by atoms with Gasteiger partial charge in [-0.15, -0.1) is 0 Å². The lowest BCUT2D eigenvalue weighted by Gasteiger charge is -2.30. The van der Waals surface area contributed by atoms with Crippen molar-refractivity contribution < 1.29 is 0 Å². The number of aryl methyl sites for hydroxylation is 1. The highest BCUT2D eigenvalue weighted by Crippen LogP contribution is 2.27. The van der Waals surface area contributed by atoms with E-state index in [2.05, 4.69) is 63.5 Å². The van der Waals surface area contributed by atoms with Gasteiger partial charge in [-0.2, -0.15) is 5.10 Å². The molecule has 4 aromatic rings. The minimum atomic E-state index is 0.251. The molecule has 30 heavy (non-hydrogen) atoms. The second-order valence-corrected chi connectivity index (χ2v) is 8.04. The summed E-state index contributed by atoms with van der Waals surface area (Å²) in [6, 6.07) is 6.42. The van der Waals surface area contributed by atoms with Crippen molar-refractivity contribution in [3.63, 3.8) is 0 Å². The highest BCUT2D eigenvalue weighted by molar-refractivity contribution is 6.03. The van der Waals surface area contributed by atoms with Crippen molar-refractivity contribution in [1.29, 1.82) is 0 Å². The van der Waals surface area contributed by atoms with Crippen molar-refractivity contribution >= 4 is 39.3 Å². The van der Waals surface area contributed by atoms with E-state index in [1.165, 1.54) is 11.3 Å². The third kappa shape index (κ3) is 3.33. The van der Waals surface area contributed by atoms with E-state index in [4.69, 9.17) is 4.98 Å². The first kappa shape index (κ1) is 18.7. The topological polar surface area (TPSA) is 83.8 Å². The first-order valence-electron chi connectivity index (χ1n) is 10.4. The predicted molar refractivity (Wildman–Crippen MR) is 121 cm³/mol. The van der Waals surface area contributed by atoms with E-state index in [0.29, 0.717) is 5.95 Å². The van der Waals surface area contributed by atoms with Crippen LogP contribution in [0.5, 0.6) is 0 Å². The molecule has 3 aromatic heterocycles. The van der Waals surface area contributed by atoms with Crippen LogP contribution in [0.3, 0.4) is 0 Å². The lowest BCUT2D eigenvalue weighted by atomic mass is 10.2. The predicted octanol–water partition coefficient (Wildman–Crippen LogP) is 3.42. The summed E-state index contributed by atoms with van der Waals surface area (Å²) in [5.41, 5.74) is 4.30. The normalized spacial score (nSPS) is 14.7. The zero-order chi connectivity index (χ0) is 20.7. The Labute approximate surface area is 175 Å². The molecule has 1 saturated heterocycles. The van der Waals surface area contributed by atoms with E-state index in [-0.39, 0.29) is 6.04 Å². The van der Waals surface area contributed by atoms with E-state index in [9.17, 15) is 0 Å². The zero-order valence-corrected chi connectivity index (χ0v) is 17.6. The number of pyridine rings is 1. The summed E-state index contributed by atoms with van der Waals surface area (Å²) in [6.07, 6.45) is 5.68. The highest BCUT2D eigenvalue weighted by atomic mass is 15.3. The molecule has 0 atom stereocenters. The van der Waals surface area contributed by atoms with Crippen LogP contribution in [-0.2, 0) is 0 Å². The van der Waals surface area contributed by atoms with Crippen LogP contribution >= 0.6 is 0 Å². The fraction of sp³-hybridized carbons (Fsp3) is 0.364. The molecule has 1 aliphatic rings. The van der Waals surface area contributed by atoms with Crippen molar-refractivity contribution in [3.05, 3.63) is 42.4 Å². The SMILES string of the molecule is Cc1cc(Nc2ncc3ccc4cnn(C(C)C)c4c3n2)ncc1N1CCNCC1. The van der Waals surface area contributed by atoms with E-state index in [0.717, 1.165) is 53.8 Å². The van der Waals surface area contributed by atoms with Crippen molar-refractivity contribution in [2.75, 3.05) is 36.4 Å². The van der Waals surface area contributed by atoms with Gasteiger partial charge in [0.1, 0.15) is 11.3 Å². The van der Waals surface area contributed by atoms with Crippen LogP contribution in [0.25, 0.3) is 21.8 Å². The molecule has 0 spiro atoms. The lowest BCUT2D eigenvalue weighted by Crippen LogP contribution is -2.43. The lowest BCUT2D eigenvalue weighted by molar-refractivity contribution is 0.552. The standard InChI is InChI=1S/C22H26N8/c1-14(2)30-21-17(12-26-30)5-4-16-11-25-22(28-20(16)21)27-19-10-15(3)18(13-24-19)29-8-6-23-7-9-29/h4-5,10-14,23H,6-9H2,1-3H3,(H,24,25,27,28). The van der Waals surface area contributed by atoms with E-state index < -0.39 is 0 Å². The average molecular weight is 403 g/mol. The van der Waals surface area contributed by atoms with E-state index in [1.807, 2.05) is 29.3 Å². The number of hydrogen-bond donors (Lipinski definition) is 2. The van der Waals surface area contributed by atoms with E-state index in [1.54, 1.807) is 0 Å². The molecule has 0 bridgehead atoms. The molecule has 154 valence electrons. The summed E-state index contributed by atoms with van der Waals surface area (Å²) < 4.78 is 2.01. The Bertz CT molecular complexity index is 1210. The van der Waals surface area contributed by atoms with Crippen LogP contribution < -0.4 is 15.5 Å². The van der Waals surface area contributed by atoms with Gasteiger partial charge in [0.2, 0.25) is 5.95 Å². The van der Waals surface area contributed by atoms with Gasteiger partial charge in [0.15, 0.2) is 0 Å². The number of anilines is 3. The van der Waals surface area contributed by atoms with Crippen LogP contribution in [0.4, 0.5) is 17.5 Å². The molecular weight excluding hydrogens is 376 g/mol. The fourth-order valence-corrected chi connectivity index (χ4v) is 4.05. The molecule has 4 heterocycles. The summed E-state index contributed by atoms with van der Waals surface area (Å²) in [4.78, 5) is 16.3. The number of rotatable bonds is 4. The van der Waals surface area contributed by atoms with Gasteiger partial charge in [0.25, 0.3) is 0 Å². The smallest absolute Gasteiger partial charge is 0.228 e.